The van der Waals surface area contributed by atoms with Gasteiger partial charge in [0, 0.05) is 4.83 Å². The molecule has 1 aromatic heterocycles. The van der Waals surface area contributed by atoms with Gasteiger partial charge in [-0.05, 0) is 46.5 Å². The van der Waals surface area contributed by atoms with Crippen LogP contribution < -0.4 is 4.74 Å². The number of thiophene rings is 1. The lowest BCUT2D eigenvalue weighted by atomic mass is 10.1. The van der Waals surface area contributed by atoms with Gasteiger partial charge in [-0.1, -0.05) is 28.1 Å². The largest absolute Gasteiger partial charge is 0.573 e. The molecule has 6 heteroatoms. The van der Waals surface area contributed by atoms with Crippen LogP contribution in [0, 0.1) is 0 Å². The molecule has 0 saturated carbocycles. The zero-order valence-electron chi connectivity index (χ0n) is 9.65. The Morgan fingerprint density at radius 2 is 1.84 bits per heavy atom. The van der Waals surface area contributed by atoms with Crippen molar-refractivity contribution in [3.05, 3.63) is 52.2 Å². The second-order valence-corrected chi connectivity index (χ2v) is 5.81. The lowest BCUT2D eigenvalue weighted by molar-refractivity contribution is -0.274. The summed E-state index contributed by atoms with van der Waals surface area (Å²) in [6, 6.07) is 7.94. The number of hydrogen-bond donors (Lipinski definition) is 0. The Bertz CT molecular complexity index is 508. The molecule has 102 valence electrons. The smallest absolute Gasteiger partial charge is 0.406 e. The monoisotopic (exact) mass is 350 g/mol. The van der Waals surface area contributed by atoms with E-state index in [1.165, 1.54) is 17.7 Å². The first-order valence-corrected chi connectivity index (χ1v) is 7.31. The maximum Gasteiger partial charge on any atom is 0.573 e. The van der Waals surface area contributed by atoms with E-state index in [9.17, 15) is 13.2 Å². The first-order valence-electron chi connectivity index (χ1n) is 5.45. The molecule has 2 rings (SSSR count). The first-order chi connectivity index (χ1) is 8.94. The second kappa shape index (κ2) is 5.96. The Morgan fingerprint density at radius 3 is 2.37 bits per heavy atom. The van der Waals surface area contributed by atoms with E-state index in [-0.39, 0.29) is 10.6 Å². The Balaban J connectivity index is 2.01. The molecule has 1 nitrogen and oxygen atoms in total. The molecular formula is C13H10BrF3OS. The van der Waals surface area contributed by atoms with Gasteiger partial charge >= 0.3 is 6.36 Å². The van der Waals surface area contributed by atoms with Gasteiger partial charge in [-0.25, -0.2) is 0 Å². The van der Waals surface area contributed by atoms with Crippen molar-refractivity contribution in [3.63, 3.8) is 0 Å². The summed E-state index contributed by atoms with van der Waals surface area (Å²) in [4.78, 5) is 0.0713. The minimum Gasteiger partial charge on any atom is -0.406 e. The highest BCUT2D eigenvalue weighted by atomic mass is 79.9. The van der Waals surface area contributed by atoms with Crippen LogP contribution in [-0.4, -0.2) is 6.36 Å². The normalized spacial score (nSPS) is 13.3. The van der Waals surface area contributed by atoms with E-state index in [0.717, 1.165) is 12.0 Å². The maximum absolute atomic E-state index is 12.0. The molecule has 0 bridgehead atoms. The van der Waals surface area contributed by atoms with E-state index in [1.54, 1.807) is 23.5 Å². The number of ether oxygens (including phenoxy) is 1. The first kappa shape index (κ1) is 14.4. The van der Waals surface area contributed by atoms with Crippen LogP contribution in [0.2, 0.25) is 0 Å². The Hall–Kier alpha value is -1.01. The molecule has 1 unspecified atom stereocenters. The van der Waals surface area contributed by atoms with Crippen LogP contribution in [-0.2, 0) is 6.42 Å². The van der Waals surface area contributed by atoms with E-state index in [4.69, 9.17) is 0 Å². The highest BCUT2D eigenvalue weighted by Gasteiger charge is 2.31. The summed E-state index contributed by atoms with van der Waals surface area (Å²) < 4.78 is 39.9. The van der Waals surface area contributed by atoms with Gasteiger partial charge in [0.15, 0.2) is 0 Å². The van der Waals surface area contributed by atoms with Crippen molar-refractivity contribution in [2.75, 3.05) is 0 Å². The number of rotatable bonds is 4. The average Bonchev–Trinajstić information content (AvgIpc) is 2.80. The molecule has 0 N–H and O–H groups in total. The Kier molecular flexibility index (Phi) is 4.52. The standard InChI is InChI=1S/C13H10BrF3OS/c14-12(7-9-5-6-19-8-9)10-1-3-11(4-2-10)18-13(15,16)17/h1-6,8,12H,7H2. The summed E-state index contributed by atoms with van der Waals surface area (Å²) in [5.74, 6) is -0.202. The topological polar surface area (TPSA) is 9.23 Å². The van der Waals surface area contributed by atoms with E-state index >= 15 is 0 Å². The Labute approximate surface area is 121 Å². The molecule has 0 aliphatic heterocycles. The molecule has 0 spiro atoms. The summed E-state index contributed by atoms with van der Waals surface area (Å²) in [6.07, 6.45) is -3.85. The average molecular weight is 351 g/mol. The van der Waals surface area contributed by atoms with Gasteiger partial charge in [-0.3, -0.25) is 0 Å². The van der Waals surface area contributed by atoms with Crippen LogP contribution >= 0.6 is 27.3 Å². The zero-order chi connectivity index (χ0) is 13.9. The van der Waals surface area contributed by atoms with E-state index in [2.05, 4.69) is 26.0 Å². The van der Waals surface area contributed by atoms with E-state index in [1.807, 2.05) is 11.4 Å². The molecule has 0 radical (unpaired) electrons. The predicted molar refractivity (Wildman–Crippen MR) is 72.8 cm³/mol. The molecule has 2 aromatic rings. The third kappa shape index (κ3) is 4.54. The quantitative estimate of drug-likeness (QED) is 0.677. The summed E-state index contributed by atoms with van der Waals surface area (Å²) in [7, 11) is 0. The fourth-order valence-electron chi connectivity index (χ4n) is 1.61. The van der Waals surface area contributed by atoms with Gasteiger partial charge in [-0.2, -0.15) is 11.3 Å². The van der Waals surface area contributed by atoms with Gasteiger partial charge in [0.2, 0.25) is 0 Å². The van der Waals surface area contributed by atoms with Crippen LogP contribution in [0.5, 0.6) is 5.75 Å². The van der Waals surface area contributed by atoms with Crippen molar-refractivity contribution < 1.29 is 17.9 Å². The zero-order valence-corrected chi connectivity index (χ0v) is 12.1. The third-order valence-corrected chi connectivity index (χ3v) is 4.05. The number of benzene rings is 1. The summed E-state index contributed by atoms with van der Waals surface area (Å²) in [6.45, 7) is 0. The fraction of sp³-hybridized carbons (Fsp3) is 0.231. The fourth-order valence-corrected chi connectivity index (χ4v) is 2.97. The van der Waals surface area contributed by atoms with Crippen LogP contribution in [0.15, 0.2) is 41.1 Å². The van der Waals surface area contributed by atoms with Crippen LogP contribution in [0.1, 0.15) is 16.0 Å². The van der Waals surface area contributed by atoms with Gasteiger partial charge in [0.05, 0.1) is 0 Å². The number of alkyl halides is 4. The highest BCUT2D eigenvalue weighted by Crippen LogP contribution is 2.30. The van der Waals surface area contributed by atoms with Gasteiger partial charge in [-0.15, -0.1) is 13.2 Å². The Morgan fingerprint density at radius 1 is 1.16 bits per heavy atom. The summed E-state index contributed by atoms with van der Waals surface area (Å²) in [5, 5.41) is 4.05. The minimum atomic E-state index is -4.65. The van der Waals surface area contributed by atoms with Crippen molar-refractivity contribution in [2.24, 2.45) is 0 Å². The van der Waals surface area contributed by atoms with Crippen molar-refractivity contribution in [3.8, 4) is 5.75 Å². The van der Waals surface area contributed by atoms with Gasteiger partial charge in [0.25, 0.3) is 0 Å². The molecule has 0 aliphatic rings. The summed E-state index contributed by atoms with van der Waals surface area (Å²) in [5.41, 5.74) is 2.11. The van der Waals surface area contributed by atoms with Crippen molar-refractivity contribution >= 4 is 27.3 Å². The van der Waals surface area contributed by atoms with Crippen molar-refractivity contribution in [1.82, 2.24) is 0 Å². The number of hydrogen-bond acceptors (Lipinski definition) is 2. The lowest BCUT2D eigenvalue weighted by Crippen LogP contribution is -2.17. The molecule has 0 saturated heterocycles. The van der Waals surface area contributed by atoms with E-state index in [0.29, 0.717) is 0 Å². The molecule has 1 atom stereocenters. The lowest BCUT2D eigenvalue weighted by Gasteiger charge is -2.12. The second-order valence-electron chi connectivity index (χ2n) is 3.92. The molecule has 0 amide bonds. The summed E-state index contributed by atoms with van der Waals surface area (Å²) >= 11 is 5.15. The van der Waals surface area contributed by atoms with Crippen LogP contribution in [0.3, 0.4) is 0 Å². The third-order valence-electron chi connectivity index (χ3n) is 2.47. The van der Waals surface area contributed by atoms with Gasteiger partial charge in [0.1, 0.15) is 5.75 Å². The molecule has 0 fully saturated rings. The van der Waals surface area contributed by atoms with Crippen molar-refractivity contribution in [1.29, 1.82) is 0 Å². The van der Waals surface area contributed by atoms with Crippen molar-refractivity contribution in [2.45, 2.75) is 17.6 Å². The SMILES string of the molecule is FC(F)(F)Oc1ccc(C(Br)Cc2ccsc2)cc1. The van der Waals surface area contributed by atoms with E-state index < -0.39 is 6.36 Å². The molecule has 19 heavy (non-hydrogen) atoms. The number of halogens is 4. The highest BCUT2D eigenvalue weighted by molar-refractivity contribution is 9.09. The molecule has 0 aliphatic carbocycles. The van der Waals surface area contributed by atoms with Gasteiger partial charge < -0.3 is 4.74 Å². The molecular weight excluding hydrogens is 341 g/mol. The predicted octanol–water partition coefficient (Wildman–Crippen LogP) is 5.33. The minimum absolute atomic E-state index is 0.0713. The molecule has 1 heterocycles. The van der Waals surface area contributed by atoms with Crippen LogP contribution in [0.4, 0.5) is 13.2 Å². The molecule has 1 aromatic carbocycles. The van der Waals surface area contributed by atoms with Crippen LogP contribution in [0.25, 0.3) is 0 Å². The maximum atomic E-state index is 12.0.